The van der Waals surface area contributed by atoms with Crippen LogP contribution in [0.1, 0.15) is 49.2 Å². The van der Waals surface area contributed by atoms with Crippen LogP contribution in [0.2, 0.25) is 0 Å². The SMILES string of the molecule is CC[C@@H](c1nnnn1Cc1ccccc1)N(Cc1cc2cc3c(cc2[nH]c1=O)OCO3)C[C@H]1CCCO1. The first-order valence-corrected chi connectivity index (χ1v) is 12.8. The summed E-state index contributed by atoms with van der Waals surface area (Å²) in [5, 5.41) is 13.6. The average molecular weight is 503 g/mol. The van der Waals surface area contributed by atoms with E-state index in [0.717, 1.165) is 48.2 Å². The maximum Gasteiger partial charge on any atom is 0.252 e. The van der Waals surface area contributed by atoms with Gasteiger partial charge in [-0.25, -0.2) is 4.68 Å². The van der Waals surface area contributed by atoms with Crippen molar-refractivity contribution in [2.45, 2.75) is 51.4 Å². The lowest BCUT2D eigenvalue weighted by Crippen LogP contribution is -2.37. The zero-order valence-corrected chi connectivity index (χ0v) is 20.8. The molecule has 2 atom stereocenters. The second-order valence-corrected chi connectivity index (χ2v) is 9.59. The average Bonchev–Trinajstić information content (AvgIpc) is 3.68. The summed E-state index contributed by atoms with van der Waals surface area (Å²) in [5.41, 5.74) is 2.40. The highest BCUT2D eigenvalue weighted by molar-refractivity contribution is 5.83. The van der Waals surface area contributed by atoms with Crippen molar-refractivity contribution in [3.8, 4) is 11.5 Å². The van der Waals surface area contributed by atoms with Gasteiger partial charge in [0.05, 0.1) is 24.2 Å². The van der Waals surface area contributed by atoms with Crippen molar-refractivity contribution in [3.63, 3.8) is 0 Å². The molecule has 0 aliphatic carbocycles. The fourth-order valence-corrected chi connectivity index (χ4v) is 5.25. The van der Waals surface area contributed by atoms with Crippen molar-refractivity contribution in [2.75, 3.05) is 19.9 Å². The third kappa shape index (κ3) is 4.94. The van der Waals surface area contributed by atoms with Crippen LogP contribution in [-0.4, -0.2) is 56.1 Å². The Morgan fingerprint density at radius 3 is 2.78 bits per heavy atom. The largest absolute Gasteiger partial charge is 0.454 e. The normalized spacial score (nSPS) is 17.6. The van der Waals surface area contributed by atoms with Crippen molar-refractivity contribution < 1.29 is 14.2 Å². The van der Waals surface area contributed by atoms with Crippen molar-refractivity contribution in [1.29, 1.82) is 0 Å². The number of H-pyrrole nitrogens is 1. The fourth-order valence-electron chi connectivity index (χ4n) is 5.25. The minimum atomic E-state index is -0.123. The fraction of sp³-hybridized carbons (Fsp3) is 0.407. The van der Waals surface area contributed by atoms with Gasteiger partial charge in [-0.15, -0.1) is 5.10 Å². The molecule has 1 N–H and O–H groups in total. The predicted octanol–water partition coefficient (Wildman–Crippen LogP) is 3.42. The Bertz CT molecular complexity index is 1430. The van der Waals surface area contributed by atoms with E-state index in [2.05, 4.69) is 44.5 Å². The molecular formula is C27H30N6O4. The molecule has 2 aliphatic heterocycles. The number of hydrogen-bond donors (Lipinski definition) is 1. The number of aromatic amines is 1. The van der Waals surface area contributed by atoms with Gasteiger partial charge in [0.25, 0.3) is 5.56 Å². The summed E-state index contributed by atoms with van der Waals surface area (Å²) in [6.07, 6.45) is 2.94. The molecule has 4 heterocycles. The first-order valence-electron chi connectivity index (χ1n) is 12.8. The van der Waals surface area contributed by atoms with E-state index >= 15 is 0 Å². The van der Waals surface area contributed by atoms with Crippen LogP contribution in [0.25, 0.3) is 10.9 Å². The molecule has 192 valence electrons. The summed E-state index contributed by atoms with van der Waals surface area (Å²) >= 11 is 0. The lowest BCUT2D eigenvalue weighted by molar-refractivity contribution is 0.0489. The van der Waals surface area contributed by atoms with E-state index in [4.69, 9.17) is 14.2 Å². The number of fused-ring (bicyclic) bond motifs is 2. The summed E-state index contributed by atoms with van der Waals surface area (Å²) in [6.45, 7) is 4.79. The maximum atomic E-state index is 13.2. The van der Waals surface area contributed by atoms with Crippen molar-refractivity contribution >= 4 is 10.9 Å². The van der Waals surface area contributed by atoms with Gasteiger partial charge >= 0.3 is 0 Å². The lowest BCUT2D eigenvalue weighted by Gasteiger charge is -2.32. The third-order valence-corrected chi connectivity index (χ3v) is 7.11. The van der Waals surface area contributed by atoms with Gasteiger partial charge in [0.15, 0.2) is 17.3 Å². The molecule has 10 nitrogen and oxygen atoms in total. The second-order valence-electron chi connectivity index (χ2n) is 9.59. The Kier molecular flexibility index (Phi) is 6.58. The Morgan fingerprint density at radius 1 is 1.16 bits per heavy atom. The van der Waals surface area contributed by atoms with Crippen LogP contribution in [0.5, 0.6) is 11.5 Å². The Morgan fingerprint density at radius 2 is 2.00 bits per heavy atom. The monoisotopic (exact) mass is 502 g/mol. The molecule has 4 aromatic rings. The van der Waals surface area contributed by atoms with Crippen LogP contribution in [0, 0.1) is 0 Å². The molecule has 1 saturated heterocycles. The highest BCUT2D eigenvalue weighted by Crippen LogP contribution is 2.35. The third-order valence-electron chi connectivity index (χ3n) is 7.11. The molecule has 37 heavy (non-hydrogen) atoms. The number of benzene rings is 2. The number of aromatic nitrogens is 5. The first-order chi connectivity index (χ1) is 18.2. The summed E-state index contributed by atoms with van der Waals surface area (Å²) in [7, 11) is 0. The van der Waals surface area contributed by atoms with Gasteiger partial charge in [-0.2, -0.15) is 0 Å². The highest BCUT2D eigenvalue weighted by atomic mass is 16.7. The topological polar surface area (TPSA) is 107 Å². The first kappa shape index (κ1) is 23.6. The van der Waals surface area contributed by atoms with Gasteiger partial charge in [0.1, 0.15) is 0 Å². The summed E-state index contributed by atoms with van der Waals surface area (Å²) in [6, 6.07) is 15.7. The van der Waals surface area contributed by atoms with E-state index in [9.17, 15) is 4.79 Å². The van der Waals surface area contributed by atoms with Crippen molar-refractivity contribution in [1.82, 2.24) is 30.1 Å². The number of nitrogens with zero attached hydrogens (tertiary/aromatic N) is 5. The summed E-state index contributed by atoms with van der Waals surface area (Å²) < 4.78 is 18.9. The van der Waals surface area contributed by atoms with Gasteiger partial charge in [-0.1, -0.05) is 37.3 Å². The van der Waals surface area contributed by atoms with Crippen LogP contribution in [0.3, 0.4) is 0 Å². The molecule has 0 spiro atoms. The van der Waals surface area contributed by atoms with Gasteiger partial charge in [0.2, 0.25) is 6.79 Å². The number of pyridine rings is 1. The minimum Gasteiger partial charge on any atom is -0.454 e. The van der Waals surface area contributed by atoms with Gasteiger partial charge in [0, 0.05) is 36.7 Å². The lowest BCUT2D eigenvalue weighted by atomic mass is 10.1. The molecule has 2 aromatic heterocycles. The number of ether oxygens (including phenoxy) is 3. The molecule has 10 heteroatoms. The van der Waals surface area contributed by atoms with Crippen molar-refractivity contribution in [3.05, 3.63) is 75.8 Å². The highest BCUT2D eigenvalue weighted by Gasteiger charge is 2.29. The van der Waals surface area contributed by atoms with Crippen molar-refractivity contribution in [2.24, 2.45) is 0 Å². The van der Waals surface area contributed by atoms with Gasteiger partial charge < -0.3 is 19.2 Å². The number of hydrogen-bond acceptors (Lipinski definition) is 8. The molecule has 0 amide bonds. The van der Waals surface area contributed by atoms with Gasteiger partial charge in [-0.05, 0) is 47.4 Å². The Hall–Kier alpha value is -3.76. The number of tetrazole rings is 1. The quantitative estimate of drug-likeness (QED) is 0.371. The van der Waals surface area contributed by atoms with E-state index in [1.54, 1.807) is 0 Å². The summed E-state index contributed by atoms with van der Waals surface area (Å²) in [4.78, 5) is 18.5. The van der Waals surface area contributed by atoms with E-state index in [-0.39, 0.29) is 24.5 Å². The Balaban J connectivity index is 1.33. The van der Waals surface area contributed by atoms with Crippen LogP contribution >= 0.6 is 0 Å². The zero-order valence-electron chi connectivity index (χ0n) is 20.8. The second kappa shape index (κ2) is 10.3. The molecule has 0 bridgehead atoms. The standard InChI is InChI=1S/C27H30N6O4/c1-2-23(26-29-30-31-33(26)14-18-7-4-3-5-8-18)32(16-21-9-6-10-35-21)15-20-11-19-12-24-25(37-17-36-24)13-22(19)28-27(20)34/h3-5,7-8,11-13,21,23H,2,6,9-10,14-17H2,1H3,(H,28,34)/t21-,23+/m1/s1. The van der Waals surface area contributed by atoms with E-state index in [0.29, 0.717) is 36.7 Å². The van der Waals surface area contributed by atoms with Crippen LogP contribution in [0.4, 0.5) is 0 Å². The van der Waals surface area contributed by atoms with Gasteiger partial charge in [-0.3, -0.25) is 9.69 Å². The minimum absolute atomic E-state index is 0.0882. The summed E-state index contributed by atoms with van der Waals surface area (Å²) in [5.74, 6) is 2.12. The molecule has 2 aliphatic rings. The Labute approximate surface area is 214 Å². The van der Waals surface area contributed by atoms with Crippen LogP contribution < -0.4 is 15.0 Å². The molecule has 6 rings (SSSR count). The molecular weight excluding hydrogens is 472 g/mol. The molecule has 1 fully saturated rings. The van der Waals surface area contributed by atoms with Crippen LogP contribution in [0.15, 0.2) is 53.3 Å². The van der Waals surface area contributed by atoms with E-state index in [1.807, 2.05) is 41.1 Å². The zero-order chi connectivity index (χ0) is 25.2. The predicted molar refractivity (Wildman–Crippen MR) is 136 cm³/mol. The van der Waals surface area contributed by atoms with E-state index < -0.39 is 0 Å². The van der Waals surface area contributed by atoms with E-state index in [1.165, 1.54) is 0 Å². The molecule has 0 saturated carbocycles. The number of nitrogens with one attached hydrogen (secondary N) is 1. The van der Waals surface area contributed by atoms with Crippen LogP contribution in [-0.2, 0) is 17.8 Å². The number of rotatable bonds is 9. The smallest absolute Gasteiger partial charge is 0.252 e. The molecule has 0 unspecified atom stereocenters. The molecule has 0 radical (unpaired) electrons. The maximum absolute atomic E-state index is 13.2. The molecule has 2 aromatic carbocycles.